The van der Waals surface area contributed by atoms with E-state index in [0.717, 1.165) is 59.7 Å². The number of anilines is 2. The van der Waals surface area contributed by atoms with Crippen LogP contribution < -0.4 is 9.80 Å². The number of rotatable bonds is 6. The molecule has 0 radical (unpaired) electrons. The molecule has 4 aromatic carbocycles. The number of non-ortho nitro benzene ring substituents is 2. The molecule has 8 rings (SSSR count). The van der Waals surface area contributed by atoms with E-state index in [1.165, 1.54) is 12.1 Å². The van der Waals surface area contributed by atoms with Crippen LogP contribution in [0.2, 0.25) is 0 Å². The normalized spacial score (nSPS) is 21.8. The molecule has 256 valence electrons. The summed E-state index contributed by atoms with van der Waals surface area (Å²) < 4.78 is 0. The van der Waals surface area contributed by atoms with Crippen LogP contribution >= 0.6 is 23.5 Å². The van der Waals surface area contributed by atoms with Gasteiger partial charge in [0.05, 0.1) is 9.85 Å². The molecule has 10 nitrogen and oxygen atoms in total. The van der Waals surface area contributed by atoms with Crippen LogP contribution in [0.3, 0.4) is 0 Å². The molecule has 12 heteroatoms. The van der Waals surface area contributed by atoms with Gasteiger partial charge in [-0.2, -0.15) is 0 Å². The first-order valence-electron chi connectivity index (χ1n) is 16.6. The van der Waals surface area contributed by atoms with Crippen molar-refractivity contribution in [1.82, 2.24) is 0 Å². The monoisotopic (exact) mass is 708 g/mol. The average molecular weight is 709 g/mol. The van der Waals surface area contributed by atoms with Crippen molar-refractivity contribution in [1.29, 1.82) is 0 Å². The minimum absolute atomic E-state index is 0.0592. The molecular weight excluding hydrogens is 673 g/mol. The van der Waals surface area contributed by atoms with E-state index < -0.39 is 0 Å². The Balaban J connectivity index is 0.000000157. The Labute approximate surface area is 298 Å². The van der Waals surface area contributed by atoms with Gasteiger partial charge in [-0.3, -0.25) is 39.6 Å². The molecule has 2 aliphatic heterocycles. The van der Waals surface area contributed by atoms with Crippen LogP contribution in [0.25, 0.3) is 0 Å². The molecule has 0 N–H and O–H groups in total. The lowest BCUT2D eigenvalue weighted by Gasteiger charge is -2.30. The van der Waals surface area contributed by atoms with E-state index >= 15 is 0 Å². The maximum atomic E-state index is 13.1. The summed E-state index contributed by atoms with van der Waals surface area (Å²) in [5.41, 5.74) is 3.66. The molecule has 2 saturated heterocycles. The van der Waals surface area contributed by atoms with Gasteiger partial charge in [0.1, 0.15) is 10.7 Å². The number of carbonyl (C=O) groups is 2. The van der Waals surface area contributed by atoms with Gasteiger partial charge in [0, 0.05) is 60.0 Å². The van der Waals surface area contributed by atoms with Gasteiger partial charge >= 0.3 is 0 Å². The number of para-hydroxylation sites is 2. The highest BCUT2D eigenvalue weighted by molar-refractivity contribution is 7.99. The average Bonchev–Trinajstić information content (AvgIpc) is 4.07. The third-order valence-corrected chi connectivity index (χ3v) is 13.0. The maximum Gasteiger partial charge on any atom is 0.269 e. The predicted octanol–water partition coefficient (Wildman–Crippen LogP) is 9.09. The Hall–Kier alpha value is -4.68. The third kappa shape index (κ3) is 7.27. The first-order chi connectivity index (χ1) is 24.2. The number of amides is 2. The van der Waals surface area contributed by atoms with Crippen LogP contribution in [0.4, 0.5) is 22.7 Å². The Bertz CT molecular complexity index is 1780. The number of hydrogen-bond donors (Lipinski definition) is 0. The fourth-order valence-corrected chi connectivity index (χ4v) is 9.90. The van der Waals surface area contributed by atoms with Gasteiger partial charge in [-0.05, 0) is 71.9 Å². The second-order valence-electron chi connectivity index (χ2n) is 13.6. The minimum Gasteiger partial charge on any atom is -0.296 e. The van der Waals surface area contributed by atoms with Gasteiger partial charge in [0.15, 0.2) is 0 Å². The number of carbonyl (C=O) groups excluding carboxylic acids is 2. The van der Waals surface area contributed by atoms with Gasteiger partial charge < -0.3 is 0 Å². The lowest BCUT2D eigenvalue weighted by atomic mass is 10.0. The first kappa shape index (κ1) is 33.8. The molecule has 0 aromatic heterocycles. The zero-order valence-corrected chi connectivity index (χ0v) is 28.9. The largest absolute Gasteiger partial charge is 0.296 e. The summed E-state index contributed by atoms with van der Waals surface area (Å²) in [4.78, 5) is 51.3. The van der Waals surface area contributed by atoms with Crippen LogP contribution in [-0.4, -0.2) is 33.2 Å². The molecule has 2 atom stereocenters. The van der Waals surface area contributed by atoms with Crippen molar-refractivity contribution in [2.24, 2.45) is 10.8 Å². The SMILES string of the molecule is O=C1CC2(CC2)CS[C@@H](c2cccc([N+](=O)[O-])c2)N1c1ccccc1.O=C1CC2(CC2)CS[C@H](c2cccc([N+](=O)[O-])c2)N1c1ccccc1. The van der Waals surface area contributed by atoms with Crippen LogP contribution in [0, 0.1) is 31.1 Å². The summed E-state index contributed by atoms with van der Waals surface area (Å²) >= 11 is 3.43. The van der Waals surface area contributed by atoms with Crippen LogP contribution in [0.1, 0.15) is 60.4 Å². The Kier molecular flexibility index (Phi) is 9.40. The van der Waals surface area contributed by atoms with E-state index in [0.29, 0.717) is 12.8 Å². The number of nitro benzene ring substituents is 2. The van der Waals surface area contributed by atoms with Gasteiger partial charge in [-0.1, -0.05) is 60.7 Å². The smallest absolute Gasteiger partial charge is 0.269 e. The van der Waals surface area contributed by atoms with Gasteiger partial charge in [0.2, 0.25) is 11.8 Å². The molecule has 4 aliphatic rings. The van der Waals surface area contributed by atoms with Crippen LogP contribution in [0.15, 0.2) is 109 Å². The van der Waals surface area contributed by atoms with Crippen molar-refractivity contribution in [3.8, 4) is 0 Å². The number of hydrogen-bond acceptors (Lipinski definition) is 8. The van der Waals surface area contributed by atoms with Crippen molar-refractivity contribution >= 4 is 58.1 Å². The fraction of sp³-hybridized carbons (Fsp3) is 0.316. The van der Waals surface area contributed by atoms with Crippen molar-refractivity contribution in [3.05, 3.63) is 141 Å². The van der Waals surface area contributed by atoms with E-state index in [4.69, 9.17) is 0 Å². The molecule has 50 heavy (non-hydrogen) atoms. The number of thioether (sulfide) groups is 2. The summed E-state index contributed by atoms with van der Waals surface area (Å²) in [6.07, 6.45) is 5.48. The van der Waals surface area contributed by atoms with E-state index in [1.807, 2.05) is 82.6 Å². The van der Waals surface area contributed by atoms with E-state index in [2.05, 4.69) is 0 Å². The summed E-state index contributed by atoms with van der Waals surface area (Å²) in [6, 6.07) is 32.5. The summed E-state index contributed by atoms with van der Waals surface area (Å²) in [7, 11) is 0. The van der Waals surface area contributed by atoms with E-state index in [-0.39, 0.29) is 54.6 Å². The molecule has 4 fully saturated rings. The Morgan fingerprint density at radius 2 is 0.940 bits per heavy atom. The molecule has 0 unspecified atom stereocenters. The quantitative estimate of drug-likeness (QED) is 0.143. The summed E-state index contributed by atoms with van der Waals surface area (Å²) in [6.45, 7) is 0. The number of nitro groups is 2. The molecule has 2 aliphatic carbocycles. The van der Waals surface area contributed by atoms with Gasteiger partial charge in [-0.25, -0.2) is 0 Å². The van der Waals surface area contributed by atoms with Crippen molar-refractivity contribution in [2.75, 3.05) is 21.3 Å². The Morgan fingerprint density at radius 1 is 0.560 bits per heavy atom. The second kappa shape index (κ2) is 13.9. The lowest BCUT2D eigenvalue weighted by Crippen LogP contribution is -2.32. The van der Waals surface area contributed by atoms with Crippen LogP contribution in [-0.2, 0) is 9.59 Å². The molecule has 2 amide bonds. The highest BCUT2D eigenvalue weighted by Crippen LogP contribution is 2.57. The highest BCUT2D eigenvalue weighted by atomic mass is 32.2. The van der Waals surface area contributed by atoms with E-state index in [1.54, 1.807) is 47.8 Å². The highest BCUT2D eigenvalue weighted by Gasteiger charge is 2.50. The van der Waals surface area contributed by atoms with Crippen LogP contribution in [0.5, 0.6) is 0 Å². The zero-order chi connectivity index (χ0) is 34.9. The lowest BCUT2D eigenvalue weighted by molar-refractivity contribution is -0.385. The number of benzene rings is 4. The van der Waals surface area contributed by atoms with Crippen molar-refractivity contribution < 1.29 is 19.4 Å². The summed E-state index contributed by atoms with van der Waals surface area (Å²) in [5, 5.41) is 21.8. The van der Waals surface area contributed by atoms with Crippen molar-refractivity contribution in [2.45, 2.75) is 49.3 Å². The second-order valence-corrected chi connectivity index (χ2v) is 15.7. The molecular formula is C38H36N4O6S2. The molecule has 2 spiro atoms. The topological polar surface area (TPSA) is 127 Å². The Morgan fingerprint density at radius 3 is 1.28 bits per heavy atom. The van der Waals surface area contributed by atoms with Gasteiger partial charge in [-0.15, -0.1) is 23.5 Å². The standard InChI is InChI=1S/2C19H18N2O3S/c2*22-17-12-19(9-10-19)13-25-18(20(17)15-6-2-1-3-7-15)14-5-4-8-16(11-14)21(23)24/h2*1-8,11,18H,9-10,12-13H2/t2*18-/m10/s1. The van der Waals surface area contributed by atoms with Crippen molar-refractivity contribution in [3.63, 3.8) is 0 Å². The fourth-order valence-electron chi connectivity index (χ4n) is 6.64. The third-order valence-electron chi connectivity index (χ3n) is 9.87. The predicted molar refractivity (Wildman–Crippen MR) is 197 cm³/mol. The number of nitrogens with zero attached hydrogens (tertiary/aromatic N) is 4. The maximum absolute atomic E-state index is 13.1. The van der Waals surface area contributed by atoms with E-state index in [9.17, 15) is 29.8 Å². The first-order valence-corrected chi connectivity index (χ1v) is 18.7. The molecule has 2 saturated carbocycles. The van der Waals surface area contributed by atoms with Gasteiger partial charge in [0.25, 0.3) is 11.4 Å². The molecule has 2 heterocycles. The summed E-state index contributed by atoms with van der Waals surface area (Å²) in [5.74, 6) is 2.03. The zero-order valence-electron chi connectivity index (χ0n) is 27.3. The minimum atomic E-state index is -0.387. The molecule has 0 bridgehead atoms. The molecule has 4 aromatic rings.